The predicted molar refractivity (Wildman–Crippen MR) is 81.5 cm³/mol. The summed E-state index contributed by atoms with van der Waals surface area (Å²) in [6, 6.07) is 4.50. The van der Waals surface area contributed by atoms with E-state index in [0.717, 1.165) is 11.5 Å². The second kappa shape index (κ2) is 5.53. The SMILES string of the molecule is Cc1ccc(C(C(C)N)N2CCC3(CCCC3)CC2)o1. The van der Waals surface area contributed by atoms with Crippen molar-refractivity contribution < 1.29 is 4.42 Å². The van der Waals surface area contributed by atoms with Crippen molar-refractivity contribution in [3.63, 3.8) is 0 Å². The Kier molecular flexibility index (Phi) is 3.91. The van der Waals surface area contributed by atoms with Gasteiger partial charge in [0.05, 0.1) is 6.04 Å². The van der Waals surface area contributed by atoms with Gasteiger partial charge >= 0.3 is 0 Å². The lowest BCUT2D eigenvalue weighted by Gasteiger charge is -2.43. The van der Waals surface area contributed by atoms with E-state index in [1.807, 2.05) is 13.0 Å². The Morgan fingerprint density at radius 3 is 2.30 bits per heavy atom. The summed E-state index contributed by atoms with van der Waals surface area (Å²) < 4.78 is 5.86. The Bertz CT molecular complexity index is 436. The van der Waals surface area contributed by atoms with E-state index in [2.05, 4.69) is 17.9 Å². The third-order valence-electron chi connectivity index (χ3n) is 5.47. The average Bonchev–Trinajstić information content (AvgIpc) is 3.02. The Morgan fingerprint density at radius 2 is 1.80 bits per heavy atom. The highest BCUT2D eigenvalue weighted by Gasteiger charge is 2.39. The highest BCUT2D eigenvalue weighted by atomic mass is 16.3. The molecule has 3 rings (SSSR count). The fraction of sp³-hybridized carbons (Fsp3) is 0.765. The van der Waals surface area contributed by atoms with Crippen molar-refractivity contribution in [2.45, 2.75) is 64.5 Å². The molecule has 112 valence electrons. The third kappa shape index (κ3) is 2.66. The van der Waals surface area contributed by atoms with E-state index in [4.69, 9.17) is 10.2 Å². The quantitative estimate of drug-likeness (QED) is 0.916. The molecule has 2 aliphatic rings. The molecule has 1 saturated carbocycles. The van der Waals surface area contributed by atoms with E-state index in [-0.39, 0.29) is 12.1 Å². The minimum atomic E-state index is 0.109. The molecule has 2 atom stereocenters. The second-order valence-electron chi connectivity index (χ2n) is 7.00. The minimum absolute atomic E-state index is 0.109. The molecule has 1 saturated heterocycles. The summed E-state index contributed by atoms with van der Waals surface area (Å²) in [6.07, 6.45) is 8.46. The fourth-order valence-corrected chi connectivity index (χ4v) is 4.29. The van der Waals surface area contributed by atoms with Crippen LogP contribution in [0.2, 0.25) is 0 Å². The van der Waals surface area contributed by atoms with Gasteiger partial charge in [-0.15, -0.1) is 0 Å². The van der Waals surface area contributed by atoms with Crippen molar-refractivity contribution in [2.24, 2.45) is 11.1 Å². The molecule has 1 aliphatic carbocycles. The summed E-state index contributed by atoms with van der Waals surface area (Å²) in [5, 5.41) is 0. The normalized spacial score (nSPS) is 25.9. The van der Waals surface area contributed by atoms with Gasteiger partial charge in [0.15, 0.2) is 0 Å². The number of rotatable bonds is 3. The number of furan rings is 1. The van der Waals surface area contributed by atoms with Crippen molar-refractivity contribution in [3.8, 4) is 0 Å². The summed E-state index contributed by atoms with van der Waals surface area (Å²) >= 11 is 0. The molecule has 2 unspecified atom stereocenters. The molecule has 2 heterocycles. The van der Waals surface area contributed by atoms with Crippen LogP contribution < -0.4 is 5.73 Å². The summed E-state index contributed by atoms with van der Waals surface area (Å²) in [5.41, 5.74) is 6.92. The first-order chi connectivity index (χ1) is 9.60. The molecule has 0 amide bonds. The monoisotopic (exact) mass is 276 g/mol. The molecule has 1 aromatic rings. The van der Waals surface area contributed by atoms with Crippen molar-refractivity contribution in [2.75, 3.05) is 13.1 Å². The topological polar surface area (TPSA) is 42.4 Å². The number of piperidine rings is 1. The molecule has 20 heavy (non-hydrogen) atoms. The van der Waals surface area contributed by atoms with E-state index < -0.39 is 0 Å². The fourth-order valence-electron chi connectivity index (χ4n) is 4.29. The van der Waals surface area contributed by atoms with Crippen molar-refractivity contribution in [1.29, 1.82) is 0 Å². The molecular weight excluding hydrogens is 248 g/mol. The predicted octanol–water partition coefficient (Wildman–Crippen LogP) is 3.63. The largest absolute Gasteiger partial charge is 0.465 e. The first-order valence-electron chi connectivity index (χ1n) is 8.16. The first kappa shape index (κ1) is 14.2. The maximum Gasteiger partial charge on any atom is 0.122 e. The van der Waals surface area contributed by atoms with E-state index in [0.29, 0.717) is 5.41 Å². The summed E-state index contributed by atoms with van der Waals surface area (Å²) in [6.45, 7) is 6.45. The van der Waals surface area contributed by atoms with Crippen LogP contribution in [0.5, 0.6) is 0 Å². The summed E-state index contributed by atoms with van der Waals surface area (Å²) in [4.78, 5) is 2.55. The van der Waals surface area contributed by atoms with Gasteiger partial charge in [-0.25, -0.2) is 0 Å². The number of hydrogen-bond acceptors (Lipinski definition) is 3. The number of likely N-dealkylation sites (tertiary alicyclic amines) is 1. The molecule has 0 bridgehead atoms. The van der Waals surface area contributed by atoms with Gasteiger partial charge in [0.1, 0.15) is 11.5 Å². The van der Waals surface area contributed by atoms with Gasteiger partial charge in [0, 0.05) is 6.04 Å². The maximum absolute atomic E-state index is 6.25. The maximum atomic E-state index is 6.25. The summed E-state index contributed by atoms with van der Waals surface area (Å²) in [7, 11) is 0. The molecule has 0 radical (unpaired) electrons. The Hall–Kier alpha value is -0.800. The van der Waals surface area contributed by atoms with Gasteiger partial charge in [-0.05, 0) is 70.2 Å². The van der Waals surface area contributed by atoms with Crippen LogP contribution in [-0.2, 0) is 0 Å². The van der Waals surface area contributed by atoms with E-state index >= 15 is 0 Å². The molecule has 1 spiro atoms. The Morgan fingerprint density at radius 1 is 1.15 bits per heavy atom. The molecule has 3 nitrogen and oxygen atoms in total. The van der Waals surface area contributed by atoms with Crippen molar-refractivity contribution in [3.05, 3.63) is 23.7 Å². The zero-order valence-electron chi connectivity index (χ0n) is 12.9. The highest BCUT2D eigenvalue weighted by Crippen LogP contribution is 2.47. The van der Waals surface area contributed by atoms with Gasteiger partial charge in [-0.2, -0.15) is 0 Å². The second-order valence-corrected chi connectivity index (χ2v) is 7.00. The van der Waals surface area contributed by atoms with Crippen LogP contribution in [0.1, 0.15) is 63.0 Å². The number of nitrogens with two attached hydrogens (primary N) is 1. The number of aryl methyl sites for hydroxylation is 1. The summed E-state index contributed by atoms with van der Waals surface area (Å²) in [5.74, 6) is 2.02. The van der Waals surface area contributed by atoms with Gasteiger partial charge in [0.25, 0.3) is 0 Å². The van der Waals surface area contributed by atoms with Crippen LogP contribution in [0.3, 0.4) is 0 Å². The molecule has 3 heteroatoms. The molecule has 2 fully saturated rings. The lowest BCUT2D eigenvalue weighted by Crippen LogP contribution is -2.45. The van der Waals surface area contributed by atoms with E-state index in [1.165, 1.54) is 51.6 Å². The van der Waals surface area contributed by atoms with Crippen LogP contribution in [0.25, 0.3) is 0 Å². The lowest BCUT2D eigenvalue weighted by molar-refractivity contribution is 0.0590. The zero-order chi connectivity index (χ0) is 14.2. The number of nitrogens with zero attached hydrogens (tertiary/aromatic N) is 1. The van der Waals surface area contributed by atoms with Crippen LogP contribution >= 0.6 is 0 Å². The van der Waals surface area contributed by atoms with Gasteiger partial charge in [-0.3, -0.25) is 4.90 Å². The molecule has 1 aromatic heterocycles. The molecule has 0 aromatic carbocycles. The zero-order valence-corrected chi connectivity index (χ0v) is 12.9. The van der Waals surface area contributed by atoms with Crippen molar-refractivity contribution in [1.82, 2.24) is 4.90 Å². The van der Waals surface area contributed by atoms with E-state index in [1.54, 1.807) is 0 Å². The van der Waals surface area contributed by atoms with Gasteiger partial charge in [-0.1, -0.05) is 12.8 Å². The molecule has 2 N–H and O–H groups in total. The minimum Gasteiger partial charge on any atom is -0.465 e. The van der Waals surface area contributed by atoms with Gasteiger partial charge in [0.2, 0.25) is 0 Å². The third-order valence-corrected chi connectivity index (χ3v) is 5.47. The molecule has 1 aliphatic heterocycles. The Labute approximate surface area is 122 Å². The van der Waals surface area contributed by atoms with Crippen molar-refractivity contribution >= 4 is 0 Å². The smallest absolute Gasteiger partial charge is 0.122 e. The van der Waals surface area contributed by atoms with E-state index in [9.17, 15) is 0 Å². The van der Waals surface area contributed by atoms with Gasteiger partial charge < -0.3 is 10.2 Å². The highest BCUT2D eigenvalue weighted by molar-refractivity contribution is 5.12. The molecular formula is C17H28N2O. The van der Waals surface area contributed by atoms with Crippen LogP contribution in [0, 0.1) is 12.3 Å². The van der Waals surface area contributed by atoms with Crippen LogP contribution in [-0.4, -0.2) is 24.0 Å². The average molecular weight is 276 g/mol. The van der Waals surface area contributed by atoms with Crippen LogP contribution in [0.4, 0.5) is 0 Å². The number of hydrogen-bond donors (Lipinski definition) is 1. The Balaban J connectivity index is 1.70. The standard InChI is InChI=1S/C17H28N2O/c1-13-5-6-15(20-13)16(14(2)18)19-11-9-17(10-12-19)7-3-4-8-17/h5-6,14,16H,3-4,7-12,18H2,1-2H3. The van der Waals surface area contributed by atoms with Crippen LogP contribution in [0.15, 0.2) is 16.5 Å². The first-order valence-corrected chi connectivity index (χ1v) is 8.16. The lowest BCUT2D eigenvalue weighted by atomic mass is 9.76.